The third-order valence-corrected chi connectivity index (χ3v) is 4.47. The summed E-state index contributed by atoms with van der Waals surface area (Å²) in [5.74, 6) is 0.670. The van der Waals surface area contributed by atoms with Crippen LogP contribution in [0.4, 0.5) is 0 Å². The Hall–Kier alpha value is -1.73. The molecular formula is C16H14BrN3. The Morgan fingerprint density at radius 3 is 2.75 bits per heavy atom. The molecule has 3 nitrogen and oxygen atoms in total. The first-order valence-electron chi connectivity index (χ1n) is 6.66. The maximum atomic E-state index is 9.41. The van der Waals surface area contributed by atoms with Crippen LogP contribution in [-0.4, -0.2) is 9.97 Å². The predicted molar refractivity (Wildman–Crippen MR) is 81.0 cm³/mol. The van der Waals surface area contributed by atoms with E-state index in [1.165, 1.54) is 0 Å². The van der Waals surface area contributed by atoms with Crippen LogP contribution in [-0.2, 0) is 5.41 Å². The minimum Gasteiger partial charge on any atom is -0.240 e. The summed E-state index contributed by atoms with van der Waals surface area (Å²) >= 11 is 3.49. The van der Waals surface area contributed by atoms with Crippen molar-refractivity contribution >= 4 is 15.9 Å². The summed E-state index contributed by atoms with van der Waals surface area (Å²) in [6.07, 6.45) is 4.57. The van der Waals surface area contributed by atoms with Crippen molar-refractivity contribution in [1.82, 2.24) is 9.97 Å². The average Bonchev–Trinajstić information content (AvgIpc) is 2.41. The van der Waals surface area contributed by atoms with E-state index in [2.05, 4.69) is 51.0 Å². The highest BCUT2D eigenvalue weighted by Gasteiger charge is 2.41. The van der Waals surface area contributed by atoms with Crippen LogP contribution in [0.2, 0.25) is 0 Å². The number of benzene rings is 1. The van der Waals surface area contributed by atoms with Crippen molar-refractivity contribution in [3.63, 3.8) is 0 Å². The van der Waals surface area contributed by atoms with Crippen LogP contribution in [0.25, 0.3) is 11.3 Å². The van der Waals surface area contributed by atoms with Gasteiger partial charge in [-0.15, -0.1) is 0 Å². The molecule has 1 fully saturated rings. The van der Waals surface area contributed by atoms with Crippen molar-refractivity contribution in [2.75, 3.05) is 0 Å². The first-order chi connectivity index (χ1) is 9.64. The van der Waals surface area contributed by atoms with Crippen molar-refractivity contribution in [3.05, 3.63) is 46.3 Å². The molecule has 1 saturated carbocycles. The van der Waals surface area contributed by atoms with Crippen molar-refractivity contribution in [3.8, 4) is 17.3 Å². The van der Waals surface area contributed by atoms with Gasteiger partial charge in [0.1, 0.15) is 11.2 Å². The summed E-state index contributed by atoms with van der Waals surface area (Å²) in [4.78, 5) is 8.99. The van der Waals surface area contributed by atoms with Crippen molar-refractivity contribution < 1.29 is 0 Å². The van der Waals surface area contributed by atoms with Crippen molar-refractivity contribution in [1.29, 1.82) is 5.26 Å². The zero-order valence-electron chi connectivity index (χ0n) is 11.2. The Kier molecular flexibility index (Phi) is 3.31. The highest BCUT2D eigenvalue weighted by molar-refractivity contribution is 9.10. The summed E-state index contributed by atoms with van der Waals surface area (Å²) in [6, 6.07) is 10.4. The zero-order valence-corrected chi connectivity index (χ0v) is 12.8. The van der Waals surface area contributed by atoms with Gasteiger partial charge in [-0.1, -0.05) is 22.0 Å². The minimum absolute atomic E-state index is 0.462. The summed E-state index contributed by atoms with van der Waals surface area (Å²) in [5.41, 5.74) is 2.67. The molecule has 100 valence electrons. The molecule has 1 aromatic heterocycles. The van der Waals surface area contributed by atoms with E-state index in [1.54, 1.807) is 6.20 Å². The fourth-order valence-electron chi connectivity index (χ4n) is 2.53. The van der Waals surface area contributed by atoms with Gasteiger partial charge in [0.05, 0.1) is 11.8 Å². The molecule has 1 heterocycles. The van der Waals surface area contributed by atoms with Gasteiger partial charge in [-0.25, -0.2) is 9.97 Å². The molecule has 2 aromatic rings. The van der Waals surface area contributed by atoms with Crippen LogP contribution in [0.5, 0.6) is 0 Å². The second kappa shape index (κ2) is 4.99. The monoisotopic (exact) mass is 327 g/mol. The Balaban J connectivity index is 2.08. The third kappa shape index (κ3) is 2.12. The maximum Gasteiger partial charge on any atom is 0.149 e. The number of halogens is 1. The van der Waals surface area contributed by atoms with Crippen molar-refractivity contribution in [2.45, 2.75) is 31.6 Å². The lowest BCUT2D eigenvalue weighted by Crippen LogP contribution is -2.34. The molecule has 0 amide bonds. The quantitative estimate of drug-likeness (QED) is 0.832. The number of hydrogen-bond donors (Lipinski definition) is 0. The molecule has 0 aliphatic heterocycles. The fraction of sp³-hybridized carbons (Fsp3) is 0.312. The van der Waals surface area contributed by atoms with E-state index in [4.69, 9.17) is 0 Å². The van der Waals surface area contributed by atoms with E-state index in [-0.39, 0.29) is 0 Å². The van der Waals surface area contributed by atoms with Crippen LogP contribution < -0.4 is 0 Å². The number of aryl methyl sites for hydroxylation is 1. The van der Waals surface area contributed by atoms with Gasteiger partial charge in [-0.3, -0.25) is 0 Å². The molecule has 0 radical (unpaired) electrons. The van der Waals surface area contributed by atoms with Crippen LogP contribution in [0, 0.1) is 18.3 Å². The van der Waals surface area contributed by atoms with E-state index in [1.807, 2.05) is 12.1 Å². The highest BCUT2D eigenvalue weighted by atomic mass is 79.9. The van der Waals surface area contributed by atoms with Gasteiger partial charge in [0, 0.05) is 16.2 Å². The number of nitriles is 1. The van der Waals surface area contributed by atoms with Gasteiger partial charge in [0.15, 0.2) is 0 Å². The first-order valence-corrected chi connectivity index (χ1v) is 7.45. The number of aromatic nitrogens is 2. The van der Waals surface area contributed by atoms with E-state index in [9.17, 15) is 5.26 Å². The molecule has 1 aliphatic rings. The van der Waals surface area contributed by atoms with Crippen LogP contribution in [0.15, 0.2) is 34.9 Å². The van der Waals surface area contributed by atoms with Crippen LogP contribution in [0.3, 0.4) is 0 Å². The molecule has 1 aliphatic carbocycles. The Morgan fingerprint density at radius 1 is 1.30 bits per heavy atom. The Bertz CT molecular complexity index is 699. The minimum atomic E-state index is -0.462. The summed E-state index contributed by atoms with van der Waals surface area (Å²) in [6.45, 7) is 2.06. The normalized spacial score (nSPS) is 16.2. The molecule has 3 rings (SSSR count). The van der Waals surface area contributed by atoms with Crippen LogP contribution >= 0.6 is 15.9 Å². The highest BCUT2D eigenvalue weighted by Crippen LogP contribution is 2.41. The number of rotatable bonds is 2. The molecule has 20 heavy (non-hydrogen) atoms. The summed E-state index contributed by atoms with van der Waals surface area (Å²) in [5, 5.41) is 9.41. The molecule has 0 bridgehead atoms. The third-order valence-electron chi connectivity index (χ3n) is 3.98. The van der Waals surface area contributed by atoms with Gasteiger partial charge >= 0.3 is 0 Å². The topological polar surface area (TPSA) is 49.6 Å². The number of nitrogens with zero attached hydrogens (tertiary/aromatic N) is 3. The Labute approximate surface area is 126 Å². The molecule has 0 unspecified atom stereocenters. The van der Waals surface area contributed by atoms with Gasteiger partial charge in [0.25, 0.3) is 0 Å². The zero-order chi connectivity index (χ0) is 14.2. The van der Waals surface area contributed by atoms with E-state index >= 15 is 0 Å². The number of hydrogen-bond acceptors (Lipinski definition) is 3. The predicted octanol–water partition coefficient (Wildman–Crippen LogP) is 4.16. The molecule has 0 spiro atoms. The molecule has 4 heteroatoms. The lowest BCUT2D eigenvalue weighted by molar-refractivity contribution is 0.307. The second-order valence-electron chi connectivity index (χ2n) is 5.27. The van der Waals surface area contributed by atoms with Gasteiger partial charge in [-0.05, 0) is 49.9 Å². The molecule has 0 atom stereocenters. The SMILES string of the molecule is Cc1ccc(Br)cc1-c1ccnc(C2(C#N)CCC2)n1. The fourth-order valence-corrected chi connectivity index (χ4v) is 2.89. The molecule has 1 aromatic carbocycles. The van der Waals surface area contributed by atoms with Gasteiger partial charge in [-0.2, -0.15) is 5.26 Å². The largest absolute Gasteiger partial charge is 0.240 e. The average molecular weight is 328 g/mol. The maximum absolute atomic E-state index is 9.41. The molecular weight excluding hydrogens is 314 g/mol. The van der Waals surface area contributed by atoms with Crippen molar-refractivity contribution in [2.24, 2.45) is 0 Å². The Morgan fingerprint density at radius 2 is 2.10 bits per heavy atom. The van der Waals surface area contributed by atoms with E-state index in [0.29, 0.717) is 5.82 Å². The van der Waals surface area contributed by atoms with Crippen LogP contribution in [0.1, 0.15) is 30.7 Å². The smallest absolute Gasteiger partial charge is 0.149 e. The summed E-state index contributed by atoms with van der Waals surface area (Å²) < 4.78 is 1.02. The van der Waals surface area contributed by atoms with E-state index < -0.39 is 5.41 Å². The van der Waals surface area contributed by atoms with Gasteiger partial charge < -0.3 is 0 Å². The standard InChI is InChI=1S/C16H14BrN3/c1-11-3-4-12(17)9-13(11)14-5-8-19-15(20-14)16(10-18)6-2-7-16/h3-5,8-9H,2,6-7H2,1H3. The second-order valence-corrected chi connectivity index (χ2v) is 6.19. The molecule has 0 saturated heterocycles. The lowest BCUT2D eigenvalue weighted by Gasteiger charge is -2.33. The summed E-state index contributed by atoms with van der Waals surface area (Å²) in [7, 11) is 0. The lowest BCUT2D eigenvalue weighted by atomic mass is 9.69. The first kappa shape index (κ1) is 13.3. The van der Waals surface area contributed by atoms with E-state index in [0.717, 1.165) is 40.6 Å². The molecule has 0 N–H and O–H groups in total. The van der Waals surface area contributed by atoms with Gasteiger partial charge in [0.2, 0.25) is 0 Å².